The van der Waals surface area contributed by atoms with Crippen molar-refractivity contribution in [3.05, 3.63) is 129 Å². The van der Waals surface area contributed by atoms with Crippen molar-refractivity contribution in [2.24, 2.45) is 0 Å². The van der Waals surface area contributed by atoms with Crippen LogP contribution in [0.15, 0.2) is 102 Å². The van der Waals surface area contributed by atoms with Crippen LogP contribution in [-0.2, 0) is 17.4 Å². The molecule has 0 fully saturated rings. The van der Waals surface area contributed by atoms with Crippen molar-refractivity contribution >= 4 is 31.9 Å². The molecule has 0 aliphatic carbocycles. The molecule has 5 rings (SSSR count). The summed E-state index contributed by atoms with van der Waals surface area (Å²) in [6.07, 6.45) is -0.506. The second-order valence-corrected chi connectivity index (χ2v) is 12.7. The van der Waals surface area contributed by atoms with Crippen LogP contribution in [0.25, 0.3) is 0 Å². The monoisotopic (exact) mass is 680 g/mol. The highest BCUT2D eigenvalue weighted by molar-refractivity contribution is 9.10. The first-order valence-electron chi connectivity index (χ1n) is 13.6. The summed E-state index contributed by atoms with van der Waals surface area (Å²) < 4.78 is 11.3. The van der Waals surface area contributed by atoms with Gasteiger partial charge in [-0.3, -0.25) is 4.90 Å². The molecule has 216 valence electrons. The van der Waals surface area contributed by atoms with Crippen LogP contribution in [0.3, 0.4) is 0 Å². The van der Waals surface area contributed by atoms with Crippen LogP contribution in [0, 0.1) is 0 Å². The quantitative estimate of drug-likeness (QED) is 0.197. The number of hydrogen-bond acceptors (Lipinski definition) is 5. The lowest BCUT2D eigenvalue weighted by Crippen LogP contribution is -2.40. The maximum atomic E-state index is 10.3. The summed E-state index contributed by atoms with van der Waals surface area (Å²) in [4.78, 5) is 4.46. The molecule has 41 heavy (non-hydrogen) atoms. The number of alkyl halides is 1. The van der Waals surface area contributed by atoms with Crippen LogP contribution in [0.5, 0.6) is 11.5 Å². The topological polar surface area (TPSA) is 45.2 Å². The van der Waals surface area contributed by atoms with Gasteiger partial charge in [0.1, 0.15) is 11.5 Å². The highest BCUT2D eigenvalue weighted by Gasteiger charge is 2.37. The van der Waals surface area contributed by atoms with Gasteiger partial charge in [0, 0.05) is 30.7 Å². The Morgan fingerprint density at radius 1 is 0.902 bits per heavy atom. The van der Waals surface area contributed by atoms with Crippen LogP contribution in [0.2, 0.25) is 0 Å². The lowest BCUT2D eigenvalue weighted by atomic mass is 9.84. The molecule has 0 amide bonds. The number of nitrogens with zero attached hydrogens (tertiary/aromatic N) is 2. The second-order valence-electron chi connectivity index (χ2n) is 10.5. The van der Waals surface area contributed by atoms with Gasteiger partial charge in [0.05, 0.1) is 24.6 Å². The zero-order chi connectivity index (χ0) is 29.4. The molecule has 1 N–H and O–H groups in total. The molecule has 0 radical (unpaired) electrons. The second kappa shape index (κ2) is 14.5. The first kappa shape index (κ1) is 31.3. The first-order chi connectivity index (χ1) is 19.7. The number of benzene rings is 4. The van der Waals surface area contributed by atoms with E-state index in [2.05, 4.69) is 97.2 Å². The minimum absolute atomic E-state index is 0.150. The third kappa shape index (κ3) is 8.21. The Morgan fingerprint density at radius 3 is 2.17 bits per heavy atom. The Labute approximate surface area is 261 Å². The van der Waals surface area contributed by atoms with E-state index in [1.54, 1.807) is 14.2 Å². The maximum absolute atomic E-state index is 10.3. The molecular weight excluding hydrogens is 644 g/mol. The number of rotatable bonds is 8. The van der Waals surface area contributed by atoms with E-state index in [0.29, 0.717) is 6.54 Å². The van der Waals surface area contributed by atoms with Gasteiger partial charge < -0.3 is 19.5 Å². The molecule has 1 aliphatic rings. The van der Waals surface area contributed by atoms with Gasteiger partial charge >= 0.3 is 0 Å². The van der Waals surface area contributed by atoms with E-state index < -0.39 is 6.10 Å². The molecule has 0 saturated heterocycles. The van der Waals surface area contributed by atoms with Crippen LogP contribution >= 0.6 is 31.9 Å². The van der Waals surface area contributed by atoms with Gasteiger partial charge in [-0.25, -0.2) is 0 Å². The van der Waals surface area contributed by atoms with Gasteiger partial charge in [-0.05, 0) is 78.3 Å². The Hall–Kier alpha value is -2.68. The lowest BCUT2D eigenvalue weighted by Gasteiger charge is -2.39. The Balaban J connectivity index is 0.000000189. The molecule has 5 nitrogen and oxygen atoms in total. The molecule has 0 saturated carbocycles. The van der Waals surface area contributed by atoms with E-state index in [4.69, 9.17) is 9.47 Å². The van der Waals surface area contributed by atoms with E-state index >= 15 is 0 Å². The number of aliphatic hydroxyl groups is 1. The number of methoxy groups -OCH3 is 2. The molecule has 0 bridgehead atoms. The Morgan fingerprint density at radius 2 is 1.54 bits per heavy atom. The summed E-state index contributed by atoms with van der Waals surface area (Å²) in [7, 11) is 7.50. The van der Waals surface area contributed by atoms with E-state index in [1.165, 1.54) is 22.3 Å². The molecule has 2 atom stereocenters. The van der Waals surface area contributed by atoms with Crippen LogP contribution < -0.4 is 9.47 Å². The summed E-state index contributed by atoms with van der Waals surface area (Å²) in [5.41, 5.74) is 6.13. The summed E-state index contributed by atoms with van der Waals surface area (Å²) >= 11 is 7.48. The molecule has 2 unspecified atom stereocenters. The summed E-state index contributed by atoms with van der Waals surface area (Å²) in [5, 5.41) is 10.3. The molecule has 1 heterocycles. The lowest BCUT2D eigenvalue weighted by molar-refractivity contribution is 0.124. The van der Waals surface area contributed by atoms with Crippen LogP contribution in [-0.4, -0.2) is 56.3 Å². The third-order valence-electron chi connectivity index (χ3n) is 7.25. The predicted octanol–water partition coefficient (Wildman–Crippen LogP) is 7.40. The maximum Gasteiger partial charge on any atom is 0.118 e. The van der Waals surface area contributed by atoms with E-state index in [9.17, 15) is 5.11 Å². The minimum atomic E-state index is -0.506. The molecule has 0 spiro atoms. The van der Waals surface area contributed by atoms with Crippen molar-refractivity contribution in [1.29, 1.82) is 0 Å². The molecule has 4 aromatic rings. The van der Waals surface area contributed by atoms with E-state index in [-0.39, 0.29) is 4.32 Å². The van der Waals surface area contributed by atoms with Gasteiger partial charge in [0.2, 0.25) is 0 Å². The SMILES string of the molecule is COc1ccc(C(O)CN(C)Cc2cccc(Br)c2)cc1.COc1ccc(C2(Br)CN(C)Cc3ccccc32)cc1. The van der Waals surface area contributed by atoms with Gasteiger partial charge in [0.15, 0.2) is 0 Å². The minimum Gasteiger partial charge on any atom is -0.497 e. The molecule has 0 aromatic heterocycles. The normalized spacial score (nSPS) is 17.3. The fourth-order valence-electron chi connectivity index (χ4n) is 5.19. The Bertz CT molecular complexity index is 1400. The molecule has 1 aliphatic heterocycles. The van der Waals surface area contributed by atoms with Gasteiger partial charge in [-0.15, -0.1) is 0 Å². The number of aliphatic hydroxyl groups excluding tert-OH is 1. The first-order valence-corrected chi connectivity index (χ1v) is 15.2. The fraction of sp³-hybridized carbons (Fsp3) is 0.294. The average Bonchev–Trinajstić information content (AvgIpc) is 2.97. The van der Waals surface area contributed by atoms with Crippen molar-refractivity contribution < 1.29 is 14.6 Å². The number of fused-ring (bicyclic) bond motifs is 1. The van der Waals surface area contributed by atoms with Crippen molar-refractivity contribution in [2.75, 3.05) is 41.4 Å². The van der Waals surface area contributed by atoms with Gasteiger partial charge in [-0.1, -0.05) is 92.5 Å². The van der Waals surface area contributed by atoms with Crippen LogP contribution in [0.1, 0.15) is 33.9 Å². The molecule has 7 heteroatoms. The summed E-state index contributed by atoms with van der Waals surface area (Å²) in [6, 6.07) is 32.7. The number of hydrogen-bond donors (Lipinski definition) is 1. The van der Waals surface area contributed by atoms with Gasteiger partial charge in [-0.2, -0.15) is 0 Å². The highest BCUT2D eigenvalue weighted by Crippen LogP contribution is 2.44. The third-order valence-corrected chi connectivity index (χ3v) is 8.88. The molecular formula is C34H38Br2N2O3. The van der Waals surface area contributed by atoms with Gasteiger partial charge in [0.25, 0.3) is 0 Å². The average molecular weight is 682 g/mol. The van der Waals surface area contributed by atoms with Crippen molar-refractivity contribution in [3.63, 3.8) is 0 Å². The Kier molecular flexibility index (Phi) is 11.0. The number of halogens is 2. The zero-order valence-electron chi connectivity index (χ0n) is 24.1. The standard InChI is InChI=1S/C17H20BrNO2.C17H18BrNO/c1-19(11-13-4-3-5-15(18)10-13)12-17(20)14-6-8-16(21-2)9-7-14;1-19-11-13-5-3-4-6-16(13)17(18,12-19)14-7-9-15(20-2)10-8-14/h3-10,17,20H,11-12H2,1-2H3;3-10H,11-12H2,1-2H3. The largest absolute Gasteiger partial charge is 0.497 e. The fourth-order valence-corrected chi connectivity index (χ4v) is 6.71. The van der Waals surface area contributed by atoms with Crippen molar-refractivity contribution in [2.45, 2.75) is 23.5 Å². The van der Waals surface area contributed by atoms with Crippen molar-refractivity contribution in [3.8, 4) is 11.5 Å². The van der Waals surface area contributed by atoms with Crippen LogP contribution in [0.4, 0.5) is 0 Å². The zero-order valence-corrected chi connectivity index (χ0v) is 27.2. The van der Waals surface area contributed by atoms with Crippen molar-refractivity contribution in [1.82, 2.24) is 9.80 Å². The highest BCUT2D eigenvalue weighted by atomic mass is 79.9. The predicted molar refractivity (Wildman–Crippen MR) is 174 cm³/mol. The number of likely N-dealkylation sites (N-methyl/N-ethyl adjacent to an activating group) is 2. The van der Waals surface area contributed by atoms with E-state index in [1.807, 2.05) is 55.6 Å². The van der Waals surface area contributed by atoms with E-state index in [0.717, 1.165) is 41.2 Å². The summed E-state index contributed by atoms with van der Waals surface area (Å²) in [6.45, 7) is 3.33. The summed E-state index contributed by atoms with van der Waals surface area (Å²) in [5.74, 6) is 1.69. The smallest absolute Gasteiger partial charge is 0.118 e. The number of ether oxygens (including phenoxy) is 2. The molecule has 4 aromatic carbocycles.